The first-order valence-electron chi connectivity index (χ1n) is 12.0. The van der Waals surface area contributed by atoms with E-state index < -0.39 is 0 Å². The summed E-state index contributed by atoms with van der Waals surface area (Å²) in [5, 5.41) is 0. The Kier molecular flexibility index (Phi) is 8.50. The molecule has 0 bridgehead atoms. The fourth-order valence-electron chi connectivity index (χ4n) is 4.36. The Hall–Kier alpha value is -2.96. The molecule has 1 aliphatic heterocycles. The Morgan fingerprint density at radius 3 is 2.47 bits per heavy atom. The number of nitrogens with zero attached hydrogens (tertiary/aromatic N) is 2. The van der Waals surface area contributed by atoms with Crippen molar-refractivity contribution in [2.45, 2.75) is 45.4 Å². The number of aryl methyl sites for hydroxylation is 1. The van der Waals surface area contributed by atoms with Gasteiger partial charge in [0.05, 0.1) is 19.2 Å². The second-order valence-electron chi connectivity index (χ2n) is 8.99. The minimum Gasteiger partial charge on any atom is -0.464 e. The Morgan fingerprint density at radius 1 is 1.00 bits per heavy atom. The molecule has 0 aliphatic carbocycles. The highest BCUT2D eigenvalue weighted by Crippen LogP contribution is 2.17. The zero-order valence-electron chi connectivity index (χ0n) is 19.8. The Balaban J connectivity index is 1.46. The molecule has 0 N–H and O–H groups in total. The number of halogens is 1. The standard InChI is InChI=1S/C28H33FN2O3/c1-22-9-14-27(34-22)20-31(16-15-23-6-3-2-4-7-23)28(32)21-30(19-26-8-5-17-33-26)18-24-10-12-25(29)13-11-24/h2-4,6-7,9-14,26H,5,8,15-21H2,1H3/t26-/m0/s1. The van der Waals surface area contributed by atoms with Gasteiger partial charge in [-0.05, 0) is 61.6 Å². The van der Waals surface area contributed by atoms with Crippen LogP contribution in [-0.2, 0) is 29.0 Å². The second-order valence-corrected chi connectivity index (χ2v) is 8.99. The summed E-state index contributed by atoms with van der Waals surface area (Å²) in [6.07, 6.45) is 2.94. The fourth-order valence-corrected chi connectivity index (χ4v) is 4.36. The van der Waals surface area contributed by atoms with Crippen molar-refractivity contribution < 1.29 is 18.3 Å². The van der Waals surface area contributed by atoms with Crippen LogP contribution in [0.4, 0.5) is 4.39 Å². The summed E-state index contributed by atoms with van der Waals surface area (Å²) < 4.78 is 25.0. The second kappa shape index (κ2) is 12.0. The molecule has 1 fully saturated rings. The molecule has 1 amide bonds. The van der Waals surface area contributed by atoms with Gasteiger partial charge in [-0.1, -0.05) is 42.5 Å². The first-order valence-corrected chi connectivity index (χ1v) is 12.0. The molecule has 2 heterocycles. The average Bonchev–Trinajstić information content (AvgIpc) is 3.50. The Labute approximate surface area is 201 Å². The minimum absolute atomic E-state index is 0.0464. The molecule has 5 nitrogen and oxygen atoms in total. The van der Waals surface area contributed by atoms with Crippen LogP contribution in [0, 0.1) is 12.7 Å². The van der Waals surface area contributed by atoms with Gasteiger partial charge < -0.3 is 14.1 Å². The third-order valence-electron chi connectivity index (χ3n) is 6.17. The molecule has 180 valence electrons. The topological polar surface area (TPSA) is 45.9 Å². The average molecular weight is 465 g/mol. The van der Waals surface area contributed by atoms with Crippen molar-refractivity contribution in [1.29, 1.82) is 0 Å². The van der Waals surface area contributed by atoms with Crippen molar-refractivity contribution in [3.63, 3.8) is 0 Å². The number of furan rings is 1. The smallest absolute Gasteiger partial charge is 0.237 e. The molecule has 4 rings (SSSR count). The lowest BCUT2D eigenvalue weighted by molar-refractivity contribution is -0.133. The quantitative estimate of drug-likeness (QED) is 0.402. The minimum atomic E-state index is -0.258. The van der Waals surface area contributed by atoms with E-state index in [0.29, 0.717) is 26.2 Å². The van der Waals surface area contributed by atoms with Crippen molar-refractivity contribution in [3.05, 3.63) is 95.2 Å². The van der Waals surface area contributed by atoms with Crippen LogP contribution in [0.2, 0.25) is 0 Å². The van der Waals surface area contributed by atoms with Crippen LogP contribution in [0.5, 0.6) is 0 Å². The van der Waals surface area contributed by atoms with Crippen molar-refractivity contribution in [1.82, 2.24) is 9.80 Å². The summed E-state index contributed by atoms with van der Waals surface area (Å²) in [7, 11) is 0. The van der Waals surface area contributed by atoms with E-state index in [1.54, 1.807) is 12.1 Å². The number of carbonyl (C=O) groups excluding carboxylic acids is 1. The predicted molar refractivity (Wildman–Crippen MR) is 130 cm³/mol. The maximum atomic E-state index is 13.5. The largest absolute Gasteiger partial charge is 0.464 e. The van der Waals surface area contributed by atoms with Gasteiger partial charge in [-0.3, -0.25) is 9.69 Å². The van der Waals surface area contributed by atoms with Crippen LogP contribution in [0.1, 0.15) is 35.5 Å². The molecular formula is C28H33FN2O3. The van der Waals surface area contributed by atoms with Gasteiger partial charge in [0.25, 0.3) is 0 Å². The van der Waals surface area contributed by atoms with E-state index in [1.165, 1.54) is 17.7 Å². The monoisotopic (exact) mass is 464 g/mol. The molecule has 0 saturated carbocycles. The molecule has 3 aromatic rings. The molecule has 0 radical (unpaired) electrons. The number of benzene rings is 2. The van der Waals surface area contributed by atoms with Crippen molar-refractivity contribution in [3.8, 4) is 0 Å². The normalized spacial score (nSPS) is 15.7. The summed E-state index contributed by atoms with van der Waals surface area (Å²) >= 11 is 0. The molecule has 34 heavy (non-hydrogen) atoms. The summed E-state index contributed by atoms with van der Waals surface area (Å²) in [6, 6.07) is 20.5. The zero-order chi connectivity index (χ0) is 23.8. The van der Waals surface area contributed by atoms with Crippen LogP contribution < -0.4 is 0 Å². The highest BCUT2D eigenvalue weighted by molar-refractivity contribution is 5.78. The summed E-state index contributed by atoms with van der Waals surface area (Å²) in [6.45, 7) is 5.23. The number of ether oxygens (including phenoxy) is 1. The van der Waals surface area contributed by atoms with Gasteiger partial charge >= 0.3 is 0 Å². The number of hydrogen-bond acceptors (Lipinski definition) is 4. The van der Waals surface area contributed by atoms with Gasteiger partial charge in [-0.2, -0.15) is 0 Å². The highest BCUT2D eigenvalue weighted by atomic mass is 19.1. The molecule has 2 aromatic carbocycles. The van der Waals surface area contributed by atoms with Crippen LogP contribution in [0.25, 0.3) is 0 Å². The van der Waals surface area contributed by atoms with Crippen LogP contribution >= 0.6 is 0 Å². The number of carbonyl (C=O) groups is 1. The summed E-state index contributed by atoms with van der Waals surface area (Å²) in [5.41, 5.74) is 2.17. The number of amides is 1. The van der Waals surface area contributed by atoms with E-state index >= 15 is 0 Å². The van der Waals surface area contributed by atoms with Crippen LogP contribution in [-0.4, -0.2) is 48.1 Å². The predicted octanol–water partition coefficient (Wildman–Crippen LogP) is 4.98. The third kappa shape index (κ3) is 7.27. The van der Waals surface area contributed by atoms with E-state index in [1.807, 2.05) is 42.2 Å². The number of rotatable bonds is 11. The fraction of sp³-hybridized carbons (Fsp3) is 0.393. The lowest BCUT2D eigenvalue weighted by Crippen LogP contribution is -2.43. The van der Waals surface area contributed by atoms with E-state index in [2.05, 4.69) is 17.0 Å². The van der Waals surface area contributed by atoms with E-state index in [4.69, 9.17) is 9.15 Å². The van der Waals surface area contributed by atoms with Crippen LogP contribution in [0.15, 0.2) is 71.1 Å². The van der Waals surface area contributed by atoms with Gasteiger partial charge in [0.1, 0.15) is 17.3 Å². The van der Waals surface area contributed by atoms with Crippen LogP contribution in [0.3, 0.4) is 0 Å². The zero-order valence-corrected chi connectivity index (χ0v) is 19.8. The van der Waals surface area contributed by atoms with Gasteiger partial charge in [0.15, 0.2) is 0 Å². The molecule has 0 unspecified atom stereocenters. The Morgan fingerprint density at radius 2 is 1.79 bits per heavy atom. The molecular weight excluding hydrogens is 431 g/mol. The molecule has 1 atom stereocenters. The molecule has 1 saturated heterocycles. The SMILES string of the molecule is Cc1ccc(CN(CCc2ccccc2)C(=O)CN(Cc2ccc(F)cc2)C[C@@H]2CCCO2)o1. The summed E-state index contributed by atoms with van der Waals surface area (Å²) in [4.78, 5) is 17.5. The van der Waals surface area contributed by atoms with Crippen molar-refractivity contribution in [2.24, 2.45) is 0 Å². The van der Waals surface area contributed by atoms with Gasteiger partial charge in [0, 0.05) is 26.2 Å². The molecule has 0 spiro atoms. The molecule has 1 aliphatic rings. The first kappa shape index (κ1) is 24.2. The van der Waals surface area contributed by atoms with Gasteiger partial charge in [-0.25, -0.2) is 4.39 Å². The van der Waals surface area contributed by atoms with E-state index in [-0.39, 0.29) is 24.4 Å². The first-order chi connectivity index (χ1) is 16.5. The van der Waals surface area contributed by atoms with Crippen molar-refractivity contribution >= 4 is 5.91 Å². The Bertz CT molecular complexity index is 1030. The van der Waals surface area contributed by atoms with E-state index in [9.17, 15) is 9.18 Å². The van der Waals surface area contributed by atoms with E-state index in [0.717, 1.165) is 43.0 Å². The molecule has 6 heteroatoms. The highest BCUT2D eigenvalue weighted by Gasteiger charge is 2.24. The summed E-state index contributed by atoms with van der Waals surface area (Å²) in [5.74, 6) is 1.40. The number of hydrogen-bond donors (Lipinski definition) is 0. The lowest BCUT2D eigenvalue weighted by atomic mass is 10.1. The lowest BCUT2D eigenvalue weighted by Gasteiger charge is -2.29. The third-order valence-corrected chi connectivity index (χ3v) is 6.17. The molecule has 1 aromatic heterocycles. The van der Waals surface area contributed by atoms with Gasteiger partial charge in [0.2, 0.25) is 5.91 Å². The van der Waals surface area contributed by atoms with Crippen molar-refractivity contribution in [2.75, 3.05) is 26.2 Å². The maximum absolute atomic E-state index is 13.5. The van der Waals surface area contributed by atoms with Gasteiger partial charge in [-0.15, -0.1) is 0 Å². The maximum Gasteiger partial charge on any atom is 0.237 e.